The van der Waals surface area contributed by atoms with Crippen molar-refractivity contribution in [1.82, 2.24) is 0 Å². The molecule has 0 amide bonds. The van der Waals surface area contributed by atoms with Gasteiger partial charge >= 0.3 is 11.9 Å². The fourth-order valence-corrected chi connectivity index (χ4v) is 1.45. The van der Waals surface area contributed by atoms with Gasteiger partial charge < -0.3 is 9.47 Å². The maximum atomic E-state index is 11.8. The number of hydrogen-bond acceptors (Lipinski definition) is 4. The maximum Gasteiger partial charge on any atom is 0.323 e. The molecule has 0 rings (SSSR count). The van der Waals surface area contributed by atoms with Gasteiger partial charge in [0.05, 0.1) is 6.61 Å². The molecule has 0 bridgehead atoms. The predicted molar refractivity (Wildman–Crippen MR) is 60.8 cm³/mol. The van der Waals surface area contributed by atoms with Gasteiger partial charge in [-0.1, -0.05) is 26.5 Å². The Hall–Kier alpha value is -1.32. The lowest BCUT2D eigenvalue weighted by molar-refractivity contribution is -0.172. The fourth-order valence-electron chi connectivity index (χ4n) is 1.45. The van der Waals surface area contributed by atoms with Crippen LogP contribution >= 0.6 is 0 Å². The van der Waals surface area contributed by atoms with E-state index in [2.05, 4.69) is 6.58 Å². The Bertz CT molecular complexity index is 254. The second-order valence-corrected chi connectivity index (χ2v) is 3.40. The minimum absolute atomic E-state index is 0.111. The molecule has 0 aliphatic heterocycles. The Labute approximate surface area is 96.6 Å². The standard InChI is InChI=1S/C12H20O4/c1-5-9-16-11(14)12(6-2,7-3)10(13)15-8-4/h5H,1,6-9H2,2-4H3. The van der Waals surface area contributed by atoms with Gasteiger partial charge in [-0.2, -0.15) is 0 Å². The zero-order valence-corrected chi connectivity index (χ0v) is 10.2. The number of hydrogen-bond donors (Lipinski definition) is 0. The molecule has 16 heavy (non-hydrogen) atoms. The molecular formula is C12H20O4. The summed E-state index contributed by atoms with van der Waals surface area (Å²) < 4.78 is 9.87. The van der Waals surface area contributed by atoms with Gasteiger partial charge in [0.15, 0.2) is 5.41 Å². The van der Waals surface area contributed by atoms with Crippen molar-refractivity contribution in [2.24, 2.45) is 5.41 Å². The van der Waals surface area contributed by atoms with Crippen molar-refractivity contribution in [1.29, 1.82) is 0 Å². The second-order valence-electron chi connectivity index (χ2n) is 3.40. The van der Waals surface area contributed by atoms with E-state index in [0.717, 1.165) is 0 Å². The fraction of sp³-hybridized carbons (Fsp3) is 0.667. The van der Waals surface area contributed by atoms with Crippen LogP contribution in [0.15, 0.2) is 12.7 Å². The Balaban J connectivity index is 4.85. The monoisotopic (exact) mass is 228 g/mol. The quantitative estimate of drug-likeness (QED) is 0.380. The summed E-state index contributed by atoms with van der Waals surface area (Å²) in [6.45, 7) is 9.08. The Morgan fingerprint density at radius 3 is 2.00 bits per heavy atom. The molecular weight excluding hydrogens is 208 g/mol. The molecule has 0 heterocycles. The molecule has 0 fully saturated rings. The van der Waals surface area contributed by atoms with Crippen LogP contribution in [0.25, 0.3) is 0 Å². The van der Waals surface area contributed by atoms with Gasteiger partial charge in [0.2, 0.25) is 0 Å². The van der Waals surface area contributed by atoms with Crippen LogP contribution < -0.4 is 0 Å². The average molecular weight is 228 g/mol. The maximum absolute atomic E-state index is 11.8. The van der Waals surface area contributed by atoms with Gasteiger partial charge in [0.25, 0.3) is 0 Å². The number of ether oxygens (including phenoxy) is 2. The largest absolute Gasteiger partial charge is 0.465 e. The lowest BCUT2D eigenvalue weighted by atomic mass is 9.82. The van der Waals surface area contributed by atoms with E-state index in [-0.39, 0.29) is 13.2 Å². The zero-order chi connectivity index (χ0) is 12.6. The molecule has 4 nitrogen and oxygen atoms in total. The Kier molecular flexibility index (Phi) is 6.46. The van der Waals surface area contributed by atoms with Gasteiger partial charge in [-0.3, -0.25) is 9.59 Å². The van der Waals surface area contributed by atoms with Crippen molar-refractivity contribution in [2.45, 2.75) is 33.6 Å². The first-order valence-electron chi connectivity index (χ1n) is 5.54. The van der Waals surface area contributed by atoms with E-state index < -0.39 is 17.4 Å². The minimum atomic E-state index is -1.17. The molecule has 0 aliphatic rings. The van der Waals surface area contributed by atoms with E-state index in [1.807, 2.05) is 0 Å². The zero-order valence-electron chi connectivity index (χ0n) is 10.2. The van der Waals surface area contributed by atoms with Crippen molar-refractivity contribution >= 4 is 11.9 Å². The Morgan fingerprint density at radius 2 is 1.62 bits per heavy atom. The summed E-state index contributed by atoms with van der Waals surface area (Å²) in [5, 5.41) is 0. The van der Waals surface area contributed by atoms with Crippen molar-refractivity contribution < 1.29 is 19.1 Å². The molecule has 0 saturated heterocycles. The topological polar surface area (TPSA) is 52.6 Å². The predicted octanol–water partition coefficient (Wildman–Crippen LogP) is 2.09. The third-order valence-corrected chi connectivity index (χ3v) is 2.60. The second kappa shape index (κ2) is 7.04. The summed E-state index contributed by atoms with van der Waals surface area (Å²) in [6, 6.07) is 0. The summed E-state index contributed by atoms with van der Waals surface area (Å²) >= 11 is 0. The van der Waals surface area contributed by atoms with Crippen LogP contribution in [0.4, 0.5) is 0 Å². The lowest BCUT2D eigenvalue weighted by Crippen LogP contribution is -2.41. The summed E-state index contributed by atoms with van der Waals surface area (Å²) in [7, 11) is 0. The summed E-state index contributed by atoms with van der Waals surface area (Å²) in [5.41, 5.74) is -1.17. The van der Waals surface area contributed by atoms with Crippen LogP contribution in [0.3, 0.4) is 0 Å². The van der Waals surface area contributed by atoms with Crippen LogP contribution in [0.1, 0.15) is 33.6 Å². The van der Waals surface area contributed by atoms with Crippen molar-refractivity contribution in [3.8, 4) is 0 Å². The van der Waals surface area contributed by atoms with Crippen molar-refractivity contribution in [3.63, 3.8) is 0 Å². The summed E-state index contributed by atoms with van der Waals surface area (Å²) in [6.07, 6.45) is 2.22. The molecule has 0 unspecified atom stereocenters. The van der Waals surface area contributed by atoms with Crippen LogP contribution in [0.2, 0.25) is 0 Å². The average Bonchev–Trinajstić information content (AvgIpc) is 2.29. The number of esters is 2. The van der Waals surface area contributed by atoms with E-state index >= 15 is 0 Å². The van der Waals surface area contributed by atoms with Crippen molar-refractivity contribution in [3.05, 3.63) is 12.7 Å². The molecule has 0 aromatic rings. The van der Waals surface area contributed by atoms with Crippen molar-refractivity contribution in [2.75, 3.05) is 13.2 Å². The van der Waals surface area contributed by atoms with Gasteiger partial charge in [-0.15, -0.1) is 0 Å². The van der Waals surface area contributed by atoms with E-state index in [1.165, 1.54) is 6.08 Å². The highest BCUT2D eigenvalue weighted by Gasteiger charge is 2.45. The first kappa shape index (κ1) is 14.7. The van der Waals surface area contributed by atoms with E-state index in [4.69, 9.17) is 9.47 Å². The highest BCUT2D eigenvalue weighted by atomic mass is 16.6. The van der Waals surface area contributed by atoms with Crippen LogP contribution in [-0.4, -0.2) is 25.2 Å². The first-order valence-corrected chi connectivity index (χ1v) is 5.54. The highest BCUT2D eigenvalue weighted by molar-refractivity contribution is 6.00. The molecule has 0 N–H and O–H groups in total. The SMILES string of the molecule is C=CCOC(=O)C(CC)(CC)C(=O)OCC. The minimum Gasteiger partial charge on any atom is -0.465 e. The van der Waals surface area contributed by atoms with Gasteiger partial charge in [0.1, 0.15) is 6.61 Å². The number of rotatable bonds is 7. The normalized spacial score (nSPS) is 10.7. The van der Waals surface area contributed by atoms with Gasteiger partial charge in [-0.25, -0.2) is 0 Å². The molecule has 0 aromatic heterocycles. The molecule has 0 spiro atoms. The number of carbonyl (C=O) groups excluding carboxylic acids is 2. The van der Waals surface area contributed by atoms with Crippen LogP contribution in [-0.2, 0) is 19.1 Å². The van der Waals surface area contributed by atoms with Crippen LogP contribution in [0, 0.1) is 5.41 Å². The first-order chi connectivity index (χ1) is 7.58. The van der Waals surface area contributed by atoms with Crippen LogP contribution in [0.5, 0.6) is 0 Å². The van der Waals surface area contributed by atoms with E-state index in [1.54, 1.807) is 20.8 Å². The Morgan fingerprint density at radius 1 is 1.12 bits per heavy atom. The number of carbonyl (C=O) groups is 2. The molecule has 92 valence electrons. The van der Waals surface area contributed by atoms with E-state index in [9.17, 15) is 9.59 Å². The highest BCUT2D eigenvalue weighted by Crippen LogP contribution is 2.30. The van der Waals surface area contributed by atoms with Gasteiger partial charge in [-0.05, 0) is 19.8 Å². The third kappa shape index (κ3) is 3.08. The molecule has 0 aliphatic carbocycles. The molecule has 0 atom stereocenters. The lowest BCUT2D eigenvalue weighted by Gasteiger charge is -2.26. The molecule has 0 radical (unpaired) electrons. The molecule has 0 saturated carbocycles. The summed E-state index contributed by atoms with van der Waals surface area (Å²) in [5.74, 6) is -1.04. The smallest absolute Gasteiger partial charge is 0.323 e. The summed E-state index contributed by atoms with van der Waals surface area (Å²) in [4.78, 5) is 23.6. The molecule has 0 aromatic carbocycles. The van der Waals surface area contributed by atoms with Gasteiger partial charge in [0, 0.05) is 0 Å². The van der Waals surface area contributed by atoms with E-state index in [0.29, 0.717) is 12.8 Å². The molecule has 4 heteroatoms. The third-order valence-electron chi connectivity index (χ3n) is 2.60.